The zero-order valence-corrected chi connectivity index (χ0v) is 9.98. The number of anilines is 2. The molecule has 1 heterocycles. The lowest BCUT2D eigenvalue weighted by molar-refractivity contribution is 0.0971. The van der Waals surface area contributed by atoms with Gasteiger partial charge in [-0.1, -0.05) is 13.0 Å². The number of nitrogens with zero attached hydrogens (tertiary/aromatic N) is 1. The van der Waals surface area contributed by atoms with Crippen LogP contribution >= 0.6 is 0 Å². The molecule has 1 aromatic carbocycles. The first-order valence-corrected chi connectivity index (χ1v) is 5.87. The molecule has 3 nitrogen and oxygen atoms in total. The molecular weight excluding hydrogens is 200 g/mol. The minimum Gasteiger partial charge on any atom is -0.397 e. The van der Waals surface area contributed by atoms with E-state index < -0.39 is 0 Å². The van der Waals surface area contributed by atoms with Crippen molar-refractivity contribution in [3.05, 3.63) is 23.8 Å². The maximum Gasteiger partial charge on any atom is 0.0600 e. The van der Waals surface area contributed by atoms with Crippen LogP contribution in [0.5, 0.6) is 0 Å². The lowest BCUT2D eigenvalue weighted by atomic mass is 9.96. The van der Waals surface area contributed by atoms with Gasteiger partial charge >= 0.3 is 0 Å². The number of hydrogen-bond donors (Lipinski definition) is 2. The van der Waals surface area contributed by atoms with Crippen molar-refractivity contribution in [3.63, 3.8) is 0 Å². The Hall–Kier alpha value is -1.22. The van der Waals surface area contributed by atoms with Gasteiger partial charge in [-0.05, 0) is 37.0 Å². The molecule has 88 valence electrons. The second-order valence-corrected chi connectivity index (χ2v) is 4.84. The lowest BCUT2D eigenvalue weighted by Crippen LogP contribution is -2.42. The van der Waals surface area contributed by atoms with E-state index in [0.29, 0.717) is 5.92 Å². The van der Waals surface area contributed by atoms with Crippen molar-refractivity contribution < 1.29 is 5.11 Å². The van der Waals surface area contributed by atoms with Gasteiger partial charge in [-0.15, -0.1) is 0 Å². The summed E-state index contributed by atoms with van der Waals surface area (Å²) >= 11 is 0. The Labute approximate surface area is 96.9 Å². The summed E-state index contributed by atoms with van der Waals surface area (Å²) in [7, 11) is 0. The maximum absolute atomic E-state index is 9.70. The van der Waals surface area contributed by atoms with Crippen LogP contribution in [0.15, 0.2) is 18.2 Å². The monoisotopic (exact) mass is 220 g/mol. The predicted molar refractivity (Wildman–Crippen MR) is 67.6 cm³/mol. The fourth-order valence-corrected chi connectivity index (χ4v) is 2.31. The minimum absolute atomic E-state index is 0.164. The van der Waals surface area contributed by atoms with Crippen LogP contribution < -0.4 is 10.6 Å². The predicted octanol–water partition coefficient (Wildman–Crippen LogP) is 1.78. The fourth-order valence-electron chi connectivity index (χ4n) is 2.31. The standard InChI is InChI=1S/C13H20N2O/c1-9-3-4-12(11(14)7-9)15-6-5-13(16)10(2)8-15/h3-4,7,10,13,16H,5-6,8,14H2,1-2H3. The normalized spacial score (nSPS) is 25.8. The first kappa shape index (κ1) is 11.3. The summed E-state index contributed by atoms with van der Waals surface area (Å²) in [6, 6.07) is 6.17. The van der Waals surface area contributed by atoms with Gasteiger partial charge in [0, 0.05) is 13.1 Å². The molecule has 2 rings (SSSR count). The van der Waals surface area contributed by atoms with Crippen molar-refractivity contribution in [1.29, 1.82) is 0 Å². The number of nitrogen functional groups attached to an aromatic ring is 1. The molecule has 1 saturated heterocycles. The summed E-state index contributed by atoms with van der Waals surface area (Å²) < 4.78 is 0. The van der Waals surface area contributed by atoms with Gasteiger partial charge in [-0.3, -0.25) is 0 Å². The molecule has 0 bridgehead atoms. The van der Waals surface area contributed by atoms with Crippen molar-refractivity contribution in [2.75, 3.05) is 23.7 Å². The first-order chi connectivity index (χ1) is 7.58. The van der Waals surface area contributed by atoms with Crippen LogP contribution in [0.2, 0.25) is 0 Å². The third-order valence-corrected chi connectivity index (χ3v) is 3.38. The van der Waals surface area contributed by atoms with Gasteiger partial charge in [0.05, 0.1) is 17.5 Å². The molecule has 0 amide bonds. The molecule has 1 aliphatic heterocycles. The second kappa shape index (κ2) is 4.34. The molecular formula is C13H20N2O. The van der Waals surface area contributed by atoms with Gasteiger partial charge in [-0.25, -0.2) is 0 Å². The Morgan fingerprint density at radius 1 is 1.44 bits per heavy atom. The summed E-state index contributed by atoms with van der Waals surface area (Å²) in [5, 5.41) is 9.70. The number of piperidine rings is 1. The molecule has 1 fully saturated rings. The van der Waals surface area contributed by atoms with Crippen molar-refractivity contribution in [1.82, 2.24) is 0 Å². The molecule has 1 aromatic rings. The Bertz CT molecular complexity index is 378. The van der Waals surface area contributed by atoms with Crippen LogP contribution in [0.1, 0.15) is 18.9 Å². The molecule has 0 aliphatic carbocycles. The van der Waals surface area contributed by atoms with Crippen LogP contribution in [0.4, 0.5) is 11.4 Å². The van der Waals surface area contributed by atoms with Crippen molar-refractivity contribution in [3.8, 4) is 0 Å². The highest BCUT2D eigenvalue weighted by Crippen LogP contribution is 2.28. The van der Waals surface area contributed by atoms with Crippen LogP contribution in [0.3, 0.4) is 0 Å². The summed E-state index contributed by atoms with van der Waals surface area (Å²) in [5.74, 6) is 0.314. The van der Waals surface area contributed by atoms with Gasteiger partial charge in [0.2, 0.25) is 0 Å². The van der Waals surface area contributed by atoms with E-state index in [0.717, 1.165) is 30.9 Å². The number of nitrogens with two attached hydrogens (primary N) is 1. The molecule has 3 N–H and O–H groups in total. The third kappa shape index (κ3) is 2.14. The molecule has 3 heteroatoms. The third-order valence-electron chi connectivity index (χ3n) is 3.38. The van der Waals surface area contributed by atoms with E-state index in [4.69, 9.17) is 5.73 Å². The number of aliphatic hydroxyl groups is 1. The van der Waals surface area contributed by atoms with Crippen molar-refractivity contribution >= 4 is 11.4 Å². The summed E-state index contributed by atoms with van der Waals surface area (Å²) in [6.45, 7) is 5.90. The number of rotatable bonds is 1. The van der Waals surface area contributed by atoms with Crippen molar-refractivity contribution in [2.24, 2.45) is 5.92 Å². The smallest absolute Gasteiger partial charge is 0.0600 e. The molecule has 0 spiro atoms. The van der Waals surface area contributed by atoms with E-state index in [-0.39, 0.29) is 6.10 Å². The number of hydrogen-bond acceptors (Lipinski definition) is 3. The average Bonchev–Trinajstić information content (AvgIpc) is 2.22. The quantitative estimate of drug-likeness (QED) is 0.709. The largest absolute Gasteiger partial charge is 0.397 e. The van der Waals surface area contributed by atoms with Crippen LogP contribution in [-0.2, 0) is 0 Å². The number of aliphatic hydroxyl groups excluding tert-OH is 1. The average molecular weight is 220 g/mol. The Kier molecular flexibility index (Phi) is 3.06. The summed E-state index contributed by atoms with van der Waals surface area (Å²) in [6.07, 6.45) is 0.664. The highest BCUT2D eigenvalue weighted by atomic mass is 16.3. The zero-order valence-electron chi connectivity index (χ0n) is 9.98. The number of aryl methyl sites for hydroxylation is 1. The first-order valence-electron chi connectivity index (χ1n) is 5.87. The Morgan fingerprint density at radius 2 is 2.19 bits per heavy atom. The van der Waals surface area contributed by atoms with E-state index in [9.17, 15) is 5.11 Å². The highest BCUT2D eigenvalue weighted by molar-refractivity contribution is 5.68. The topological polar surface area (TPSA) is 49.5 Å². The lowest BCUT2D eigenvalue weighted by Gasteiger charge is -2.36. The molecule has 16 heavy (non-hydrogen) atoms. The van der Waals surface area contributed by atoms with E-state index in [1.54, 1.807) is 0 Å². The van der Waals surface area contributed by atoms with Crippen LogP contribution in [-0.4, -0.2) is 24.3 Å². The van der Waals surface area contributed by atoms with Gasteiger partial charge in [0.1, 0.15) is 0 Å². The van der Waals surface area contributed by atoms with Gasteiger partial charge in [0.25, 0.3) is 0 Å². The van der Waals surface area contributed by atoms with E-state index in [1.165, 1.54) is 5.56 Å². The van der Waals surface area contributed by atoms with Crippen LogP contribution in [0.25, 0.3) is 0 Å². The summed E-state index contributed by atoms with van der Waals surface area (Å²) in [5.41, 5.74) is 9.15. The Morgan fingerprint density at radius 3 is 2.81 bits per heavy atom. The fraction of sp³-hybridized carbons (Fsp3) is 0.538. The van der Waals surface area contributed by atoms with Crippen LogP contribution in [0, 0.1) is 12.8 Å². The minimum atomic E-state index is -0.164. The van der Waals surface area contributed by atoms with Gasteiger partial charge in [-0.2, -0.15) is 0 Å². The molecule has 1 aliphatic rings. The maximum atomic E-state index is 9.70. The van der Waals surface area contributed by atoms with Gasteiger partial charge in [0.15, 0.2) is 0 Å². The highest BCUT2D eigenvalue weighted by Gasteiger charge is 2.25. The number of benzene rings is 1. The van der Waals surface area contributed by atoms with E-state index >= 15 is 0 Å². The van der Waals surface area contributed by atoms with Gasteiger partial charge < -0.3 is 15.7 Å². The molecule has 0 radical (unpaired) electrons. The molecule has 0 saturated carbocycles. The SMILES string of the molecule is Cc1ccc(N2CCC(O)C(C)C2)c(N)c1. The van der Waals surface area contributed by atoms with Crippen molar-refractivity contribution in [2.45, 2.75) is 26.4 Å². The van der Waals surface area contributed by atoms with E-state index in [1.807, 2.05) is 13.0 Å². The Balaban J connectivity index is 2.18. The summed E-state index contributed by atoms with van der Waals surface area (Å²) in [4.78, 5) is 2.27. The zero-order chi connectivity index (χ0) is 11.7. The second-order valence-electron chi connectivity index (χ2n) is 4.84. The molecule has 2 unspecified atom stereocenters. The molecule has 0 aromatic heterocycles. The van der Waals surface area contributed by atoms with E-state index in [2.05, 4.69) is 24.0 Å². The molecule has 2 atom stereocenters.